The summed E-state index contributed by atoms with van der Waals surface area (Å²) < 4.78 is 0. The van der Waals surface area contributed by atoms with Gasteiger partial charge in [0.05, 0.1) is 6.10 Å². The van der Waals surface area contributed by atoms with Crippen LogP contribution < -0.4 is 5.32 Å². The minimum absolute atomic E-state index is 0.0720. The van der Waals surface area contributed by atoms with E-state index in [1.165, 1.54) is 0 Å². The fraction of sp³-hybridized carbons (Fsp3) is 0.889. The van der Waals surface area contributed by atoms with Gasteiger partial charge in [0.1, 0.15) is 0 Å². The summed E-state index contributed by atoms with van der Waals surface area (Å²) in [5, 5.41) is 12.4. The minimum atomic E-state index is -0.316. The molecular weight excluding hydrogens is 154 g/mol. The van der Waals surface area contributed by atoms with Gasteiger partial charge in [-0.15, -0.1) is 0 Å². The van der Waals surface area contributed by atoms with Gasteiger partial charge in [0.15, 0.2) is 0 Å². The Balaban J connectivity index is 2.32. The van der Waals surface area contributed by atoms with E-state index >= 15 is 0 Å². The number of amides is 1. The molecule has 0 aromatic heterocycles. The highest BCUT2D eigenvalue weighted by atomic mass is 16.3. The zero-order valence-corrected chi connectivity index (χ0v) is 7.71. The highest BCUT2D eigenvalue weighted by molar-refractivity contribution is 5.78. The molecule has 70 valence electrons. The van der Waals surface area contributed by atoms with Crippen molar-refractivity contribution in [1.82, 2.24) is 5.32 Å². The van der Waals surface area contributed by atoms with E-state index in [1.54, 1.807) is 0 Å². The first-order valence-corrected chi connectivity index (χ1v) is 4.54. The summed E-state index contributed by atoms with van der Waals surface area (Å²) in [5.41, 5.74) is 0. The van der Waals surface area contributed by atoms with Crippen molar-refractivity contribution < 1.29 is 9.90 Å². The predicted octanol–water partition coefficient (Wildman–Crippen LogP) is 0.529. The molecule has 1 saturated heterocycles. The number of hydrogen-bond donors (Lipinski definition) is 2. The fourth-order valence-electron chi connectivity index (χ4n) is 1.57. The van der Waals surface area contributed by atoms with Gasteiger partial charge in [-0.2, -0.15) is 0 Å². The average Bonchev–Trinajstić information content (AvgIpc) is 2.34. The van der Waals surface area contributed by atoms with E-state index in [9.17, 15) is 9.90 Å². The molecule has 1 heterocycles. The van der Waals surface area contributed by atoms with Gasteiger partial charge in [-0.3, -0.25) is 4.79 Å². The Labute approximate surface area is 73.2 Å². The van der Waals surface area contributed by atoms with Gasteiger partial charge < -0.3 is 10.4 Å². The van der Waals surface area contributed by atoms with E-state index < -0.39 is 0 Å². The van der Waals surface area contributed by atoms with Crippen LogP contribution in [0.3, 0.4) is 0 Å². The molecular formula is C9H17NO2. The second kappa shape index (κ2) is 3.90. The summed E-state index contributed by atoms with van der Waals surface area (Å²) in [6.07, 6.45) is 0.969. The molecule has 0 aromatic carbocycles. The van der Waals surface area contributed by atoms with Gasteiger partial charge in [0.2, 0.25) is 5.91 Å². The molecule has 1 fully saturated rings. The molecule has 1 rings (SSSR count). The van der Waals surface area contributed by atoms with Crippen molar-refractivity contribution in [3.63, 3.8) is 0 Å². The zero-order chi connectivity index (χ0) is 9.14. The lowest BCUT2D eigenvalue weighted by Crippen LogP contribution is -2.24. The van der Waals surface area contributed by atoms with Gasteiger partial charge in [-0.25, -0.2) is 0 Å². The fourth-order valence-corrected chi connectivity index (χ4v) is 1.57. The number of carbonyl (C=O) groups excluding carboxylic acids is 1. The van der Waals surface area contributed by atoms with Crippen molar-refractivity contribution in [2.45, 2.75) is 32.8 Å². The second-order valence-electron chi connectivity index (χ2n) is 3.97. The van der Waals surface area contributed by atoms with Crippen molar-refractivity contribution in [2.75, 3.05) is 6.54 Å². The van der Waals surface area contributed by atoms with E-state index in [-0.39, 0.29) is 17.9 Å². The van der Waals surface area contributed by atoms with Crippen LogP contribution in [0.5, 0.6) is 0 Å². The first-order chi connectivity index (χ1) is 5.59. The molecule has 1 aliphatic rings. The van der Waals surface area contributed by atoms with Crippen molar-refractivity contribution in [3.05, 3.63) is 0 Å². The number of carbonyl (C=O) groups is 1. The lowest BCUT2D eigenvalue weighted by atomic mass is 9.94. The largest absolute Gasteiger partial charge is 0.393 e. The first kappa shape index (κ1) is 9.52. The van der Waals surface area contributed by atoms with Crippen LogP contribution in [0.25, 0.3) is 0 Å². The van der Waals surface area contributed by atoms with Crippen LogP contribution in [0.2, 0.25) is 0 Å². The SMILES string of the molecule is CC(C)C[C@H](O)[C@H]1CNC(=O)C1. The quantitative estimate of drug-likeness (QED) is 0.650. The van der Waals surface area contributed by atoms with Crippen LogP contribution in [0.1, 0.15) is 26.7 Å². The number of nitrogens with one attached hydrogen (secondary N) is 1. The summed E-state index contributed by atoms with van der Waals surface area (Å²) >= 11 is 0. The molecule has 0 unspecified atom stereocenters. The maximum atomic E-state index is 10.8. The Kier molecular flexibility index (Phi) is 3.09. The maximum Gasteiger partial charge on any atom is 0.220 e. The van der Waals surface area contributed by atoms with Crippen molar-refractivity contribution in [2.24, 2.45) is 11.8 Å². The molecule has 0 spiro atoms. The third-order valence-corrected chi connectivity index (χ3v) is 2.27. The smallest absolute Gasteiger partial charge is 0.220 e. The van der Waals surface area contributed by atoms with E-state index in [0.717, 1.165) is 6.42 Å². The third kappa shape index (κ3) is 2.48. The van der Waals surface area contributed by atoms with Gasteiger partial charge in [0.25, 0.3) is 0 Å². The molecule has 2 atom stereocenters. The number of aliphatic hydroxyl groups excluding tert-OH is 1. The summed E-state index contributed by atoms with van der Waals surface area (Å²) in [4.78, 5) is 10.8. The van der Waals surface area contributed by atoms with E-state index in [4.69, 9.17) is 0 Å². The molecule has 1 aliphatic heterocycles. The van der Waals surface area contributed by atoms with Crippen LogP contribution in [0, 0.1) is 11.8 Å². The summed E-state index contributed by atoms with van der Waals surface area (Å²) in [5.74, 6) is 0.707. The van der Waals surface area contributed by atoms with Gasteiger partial charge in [-0.05, 0) is 12.3 Å². The van der Waals surface area contributed by atoms with Gasteiger partial charge in [0, 0.05) is 18.9 Å². The zero-order valence-electron chi connectivity index (χ0n) is 7.71. The molecule has 0 bridgehead atoms. The second-order valence-corrected chi connectivity index (χ2v) is 3.97. The van der Waals surface area contributed by atoms with Crippen LogP contribution in [0.15, 0.2) is 0 Å². The average molecular weight is 171 g/mol. The Morgan fingerprint density at radius 1 is 1.67 bits per heavy atom. The Hall–Kier alpha value is -0.570. The third-order valence-electron chi connectivity index (χ3n) is 2.27. The number of hydrogen-bond acceptors (Lipinski definition) is 2. The molecule has 0 aliphatic carbocycles. The van der Waals surface area contributed by atoms with E-state index in [0.29, 0.717) is 18.9 Å². The summed E-state index contributed by atoms with van der Waals surface area (Å²) in [6.45, 7) is 4.80. The van der Waals surface area contributed by atoms with Crippen molar-refractivity contribution in [3.8, 4) is 0 Å². The van der Waals surface area contributed by atoms with E-state index in [1.807, 2.05) is 0 Å². The number of rotatable bonds is 3. The maximum absolute atomic E-state index is 10.8. The van der Waals surface area contributed by atoms with Crippen molar-refractivity contribution in [1.29, 1.82) is 0 Å². The molecule has 1 amide bonds. The monoisotopic (exact) mass is 171 g/mol. The van der Waals surface area contributed by atoms with E-state index in [2.05, 4.69) is 19.2 Å². The summed E-state index contributed by atoms with van der Waals surface area (Å²) in [7, 11) is 0. The molecule has 3 nitrogen and oxygen atoms in total. The van der Waals surface area contributed by atoms with Gasteiger partial charge >= 0.3 is 0 Å². The number of aliphatic hydroxyl groups is 1. The van der Waals surface area contributed by atoms with Crippen LogP contribution >= 0.6 is 0 Å². The molecule has 12 heavy (non-hydrogen) atoms. The Morgan fingerprint density at radius 3 is 2.75 bits per heavy atom. The minimum Gasteiger partial charge on any atom is -0.393 e. The predicted molar refractivity (Wildman–Crippen MR) is 46.6 cm³/mol. The first-order valence-electron chi connectivity index (χ1n) is 4.54. The molecule has 2 N–H and O–H groups in total. The van der Waals surface area contributed by atoms with Crippen LogP contribution in [-0.4, -0.2) is 23.7 Å². The normalized spacial score (nSPS) is 26.0. The Morgan fingerprint density at radius 2 is 2.33 bits per heavy atom. The van der Waals surface area contributed by atoms with Crippen molar-refractivity contribution >= 4 is 5.91 Å². The molecule has 0 aromatic rings. The highest BCUT2D eigenvalue weighted by Gasteiger charge is 2.27. The molecule has 3 heteroatoms. The standard InChI is InChI=1S/C9H17NO2/c1-6(2)3-8(11)7-4-9(12)10-5-7/h6-8,11H,3-5H2,1-2H3,(H,10,12)/t7-,8+/m1/s1. The Bertz CT molecular complexity index is 168. The molecule has 0 radical (unpaired) electrons. The topological polar surface area (TPSA) is 49.3 Å². The molecule has 0 saturated carbocycles. The van der Waals surface area contributed by atoms with Crippen LogP contribution in [0.4, 0.5) is 0 Å². The highest BCUT2D eigenvalue weighted by Crippen LogP contribution is 2.19. The van der Waals surface area contributed by atoms with Crippen LogP contribution in [-0.2, 0) is 4.79 Å². The summed E-state index contributed by atoms with van der Waals surface area (Å²) in [6, 6.07) is 0. The lowest BCUT2D eigenvalue weighted by molar-refractivity contribution is -0.119. The lowest BCUT2D eigenvalue weighted by Gasteiger charge is -2.17. The van der Waals surface area contributed by atoms with Gasteiger partial charge in [-0.1, -0.05) is 13.8 Å².